The molecule has 88 valence electrons. The summed E-state index contributed by atoms with van der Waals surface area (Å²) in [5.41, 5.74) is 0.125. The molecular formula is C12H15F2NO. The molecule has 1 aliphatic heterocycles. The summed E-state index contributed by atoms with van der Waals surface area (Å²) in [5, 5.41) is 12.2. The van der Waals surface area contributed by atoms with Crippen LogP contribution in [0.5, 0.6) is 0 Å². The molecule has 1 heterocycles. The lowest BCUT2D eigenvalue weighted by Crippen LogP contribution is -2.31. The summed E-state index contributed by atoms with van der Waals surface area (Å²) in [6.07, 6.45) is 1.28. The first-order valence-corrected chi connectivity index (χ1v) is 5.45. The van der Waals surface area contributed by atoms with Gasteiger partial charge < -0.3 is 10.4 Å². The van der Waals surface area contributed by atoms with Gasteiger partial charge in [0.1, 0.15) is 11.6 Å². The highest BCUT2D eigenvalue weighted by molar-refractivity contribution is 5.29. The highest BCUT2D eigenvalue weighted by Gasteiger charge is 2.37. The molecule has 1 aliphatic rings. The highest BCUT2D eigenvalue weighted by Crippen LogP contribution is 2.35. The summed E-state index contributed by atoms with van der Waals surface area (Å²) >= 11 is 0. The molecule has 1 atom stereocenters. The lowest BCUT2D eigenvalue weighted by molar-refractivity contribution is 0.241. The fraction of sp³-hybridized carbons (Fsp3) is 0.500. The minimum atomic E-state index is -0.564. The summed E-state index contributed by atoms with van der Waals surface area (Å²) in [5.74, 6) is -1.08. The molecule has 0 aromatic heterocycles. The Morgan fingerprint density at radius 3 is 2.75 bits per heavy atom. The van der Waals surface area contributed by atoms with Crippen molar-refractivity contribution in [3.8, 4) is 0 Å². The molecule has 4 heteroatoms. The molecule has 1 aromatic carbocycles. The number of hydrogen-bond donors (Lipinski definition) is 2. The smallest absolute Gasteiger partial charge is 0.129 e. The molecule has 0 aliphatic carbocycles. The van der Waals surface area contributed by atoms with Gasteiger partial charge >= 0.3 is 0 Å². The van der Waals surface area contributed by atoms with Crippen LogP contribution in [0.4, 0.5) is 8.78 Å². The van der Waals surface area contributed by atoms with E-state index >= 15 is 0 Å². The molecule has 2 N–H and O–H groups in total. The van der Waals surface area contributed by atoms with E-state index in [0.717, 1.165) is 19.0 Å². The quantitative estimate of drug-likeness (QED) is 0.821. The predicted octanol–water partition coefficient (Wildman–Crippen LogP) is 1.58. The van der Waals surface area contributed by atoms with Gasteiger partial charge in [-0.15, -0.1) is 0 Å². The second kappa shape index (κ2) is 4.47. The van der Waals surface area contributed by atoms with E-state index in [9.17, 15) is 8.78 Å². The monoisotopic (exact) mass is 227 g/mol. The average molecular weight is 227 g/mol. The molecule has 0 bridgehead atoms. The lowest BCUT2D eigenvalue weighted by atomic mass is 9.77. The van der Waals surface area contributed by atoms with Crippen molar-refractivity contribution in [1.82, 2.24) is 5.32 Å². The van der Waals surface area contributed by atoms with Gasteiger partial charge in [-0.1, -0.05) is 6.07 Å². The predicted molar refractivity (Wildman–Crippen MR) is 57.2 cm³/mol. The Hall–Kier alpha value is -1.00. The zero-order valence-corrected chi connectivity index (χ0v) is 8.97. The van der Waals surface area contributed by atoms with E-state index < -0.39 is 11.6 Å². The van der Waals surface area contributed by atoms with Crippen LogP contribution >= 0.6 is 0 Å². The minimum absolute atomic E-state index is 0.0124. The third-order valence-corrected chi connectivity index (χ3v) is 3.34. The normalized spacial score (nSPS) is 24.9. The molecule has 1 saturated heterocycles. The molecule has 0 amide bonds. The van der Waals surface area contributed by atoms with Crippen LogP contribution in [0.3, 0.4) is 0 Å². The van der Waals surface area contributed by atoms with Crippen LogP contribution < -0.4 is 5.32 Å². The van der Waals surface area contributed by atoms with Crippen molar-refractivity contribution < 1.29 is 13.9 Å². The van der Waals surface area contributed by atoms with Crippen LogP contribution in [0.2, 0.25) is 0 Å². The third kappa shape index (κ3) is 1.95. The molecule has 0 radical (unpaired) electrons. The maximum Gasteiger partial charge on any atom is 0.129 e. The van der Waals surface area contributed by atoms with Crippen LogP contribution in [0.15, 0.2) is 18.2 Å². The molecule has 1 aromatic rings. The maximum absolute atomic E-state index is 13.7. The SMILES string of the molecule is OCCC1(c2ccc(F)cc2F)CCNC1. The first kappa shape index (κ1) is 11.5. The van der Waals surface area contributed by atoms with Gasteiger partial charge in [0.25, 0.3) is 0 Å². The fourth-order valence-corrected chi connectivity index (χ4v) is 2.46. The first-order valence-electron chi connectivity index (χ1n) is 5.45. The number of aliphatic hydroxyl groups is 1. The van der Waals surface area contributed by atoms with Crippen molar-refractivity contribution in [3.05, 3.63) is 35.4 Å². The second-order valence-electron chi connectivity index (χ2n) is 4.30. The van der Waals surface area contributed by atoms with E-state index in [0.29, 0.717) is 18.5 Å². The number of halogens is 2. The van der Waals surface area contributed by atoms with Crippen LogP contribution in [0, 0.1) is 11.6 Å². The molecule has 2 nitrogen and oxygen atoms in total. The summed E-state index contributed by atoms with van der Waals surface area (Å²) in [7, 11) is 0. The Morgan fingerprint density at radius 1 is 1.38 bits per heavy atom. The van der Waals surface area contributed by atoms with Gasteiger partial charge in [-0.2, -0.15) is 0 Å². The van der Waals surface area contributed by atoms with E-state index in [1.165, 1.54) is 12.1 Å². The summed E-state index contributed by atoms with van der Waals surface area (Å²) in [6, 6.07) is 3.68. The molecule has 0 saturated carbocycles. The Morgan fingerprint density at radius 2 is 2.19 bits per heavy atom. The minimum Gasteiger partial charge on any atom is -0.396 e. The lowest BCUT2D eigenvalue weighted by Gasteiger charge is -2.28. The van der Waals surface area contributed by atoms with Gasteiger partial charge in [0, 0.05) is 24.6 Å². The molecule has 1 fully saturated rings. The summed E-state index contributed by atoms with van der Waals surface area (Å²) in [6.45, 7) is 1.45. The van der Waals surface area contributed by atoms with Crippen LogP contribution in [-0.2, 0) is 5.41 Å². The van der Waals surface area contributed by atoms with Crippen LogP contribution in [0.25, 0.3) is 0 Å². The number of hydrogen-bond acceptors (Lipinski definition) is 2. The van der Waals surface area contributed by atoms with Gasteiger partial charge in [0.05, 0.1) is 0 Å². The standard InChI is InChI=1S/C12H15F2NO/c13-9-1-2-10(11(14)7-9)12(4-6-16)3-5-15-8-12/h1-2,7,15-16H,3-6,8H2. The Labute approximate surface area is 93.3 Å². The maximum atomic E-state index is 13.7. The molecule has 1 unspecified atom stereocenters. The zero-order valence-electron chi connectivity index (χ0n) is 8.97. The van der Waals surface area contributed by atoms with Crippen molar-refractivity contribution in [2.45, 2.75) is 18.3 Å². The third-order valence-electron chi connectivity index (χ3n) is 3.34. The van der Waals surface area contributed by atoms with E-state index in [2.05, 4.69) is 5.32 Å². The number of rotatable bonds is 3. The van der Waals surface area contributed by atoms with Crippen molar-refractivity contribution >= 4 is 0 Å². The fourth-order valence-electron chi connectivity index (χ4n) is 2.46. The Kier molecular flexibility index (Phi) is 3.21. The largest absolute Gasteiger partial charge is 0.396 e. The van der Waals surface area contributed by atoms with E-state index in [-0.39, 0.29) is 12.0 Å². The van der Waals surface area contributed by atoms with Gasteiger partial charge in [0.2, 0.25) is 0 Å². The van der Waals surface area contributed by atoms with Gasteiger partial charge in [-0.3, -0.25) is 0 Å². The Bertz CT molecular complexity index is 375. The number of benzene rings is 1. The van der Waals surface area contributed by atoms with Crippen molar-refractivity contribution in [1.29, 1.82) is 0 Å². The summed E-state index contributed by atoms with van der Waals surface area (Å²) in [4.78, 5) is 0. The second-order valence-corrected chi connectivity index (χ2v) is 4.30. The molecule has 0 spiro atoms. The van der Waals surface area contributed by atoms with E-state index in [1.807, 2.05) is 0 Å². The van der Waals surface area contributed by atoms with Gasteiger partial charge in [-0.05, 0) is 31.0 Å². The first-order chi connectivity index (χ1) is 7.68. The van der Waals surface area contributed by atoms with Crippen molar-refractivity contribution in [2.75, 3.05) is 19.7 Å². The van der Waals surface area contributed by atoms with E-state index in [4.69, 9.17) is 5.11 Å². The molecule has 2 rings (SSSR count). The van der Waals surface area contributed by atoms with Crippen molar-refractivity contribution in [3.63, 3.8) is 0 Å². The van der Waals surface area contributed by atoms with Crippen LogP contribution in [0.1, 0.15) is 18.4 Å². The Balaban J connectivity index is 2.38. The summed E-state index contributed by atoms with van der Waals surface area (Å²) < 4.78 is 26.6. The molecular weight excluding hydrogens is 212 g/mol. The average Bonchev–Trinajstić information content (AvgIpc) is 2.67. The van der Waals surface area contributed by atoms with Gasteiger partial charge in [-0.25, -0.2) is 8.78 Å². The zero-order chi connectivity index (χ0) is 11.6. The van der Waals surface area contributed by atoms with E-state index in [1.54, 1.807) is 0 Å². The number of aliphatic hydroxyl groups excluding tert-OH is 1. The molecule has 16 heavy (non-hydrogen) atoms. The highest BCUT2D eigenvalue weighted by atomic mass is 19.1. The topological polar surface area (TPSA) is 32.3 Å². The van der Waals surface area contributed by atoms with Crippen LogP contribution in [-0.4, -0.2) is 24.8 Å². The number of nitrogens with one attached hydrogen (secondary N) is 1. The van der Waals surface area contributed by atoms with Crippen molar-refractivity contribution in [2.24, 2.45) is 0 Å². The van der Waals surface area contributed by atoms with Gasteiger partial charge in [0.15, 0.2) is 0 Å².